The highest BCUT2D eigenvalue weighted by Gasteiger charge is 2.45. The number of morpholine rings is 1. The topological polar surface area (TPSA) is 42.8 Å². The van der Waals surface area contributed by atoms with Gasteiger partial charge in [0.25, 0.3) is 9.70 Å². The Morgan fingerprint density at radius 2 is 1.91 bits per heavy atom. The van der Waals surface area contributed by atoms with Gasteiger partial charge < -0.3 is 9.64 Å². The number of hydrogen-bond acceptors (Lipinski definition) is 2. The molecule has 1 saturated heterocycles. The number of ether oxygens (including phenoxy) is 1. The zero-order valence-electron chi connectivity index (χ0n) is 12.8. The first-order valence-corrected chi connectivity index (χ1v) is 8.81. The van der Waals surface area contributed by atoms with Crippen LogP contribution in [0.1, 0.15) is 24.2 Å². The summed E-state index contributed by atoms with van der Waals surface area (Å²) in [5, 5.41) is 3.30. The van der Waals surface area contributed by atoms with Gasteiger partial charge in [0.05, 0.1) is 0 Å². The van der Waals surface area contributed by atoms with Gasteiger partial charge in [-0.3, -0.25) is 10.1 Å². The Hall–Kier alpha value is -0.230. The number of rotatable bonds is 3. The fourth-order valence-electron chi connectivity index (χ4n) is 2.81. The molecular weight excluding hydrogens is 382 g/mol. The summed E-state index contributed by atoms with van der Waals surface area (Å²) in [4.78, 5) is 13.4. The van der Waals surface area contributed by atoms with Crippen molar-refractivity contribution in [2.45, 2.75) is 36.0 Å². The molecule has 3 atom stereocenters. The summed E-state index contributed by atoms with van der Waals surface area (Å²) in [7, 11) is 0. The smallest absolute Gasteiger partial charge is 0.262 e. The minimum atomic E-state index is -1.64. The SMILES string of the molecule is C[C@H]1C[NH+]([C@H](NC(=O)c2cccc(Cl)c2)C(Cl)(Cl)Cl)C[C@H](C)O1. The van der Waals surface area contributed by atoms with Crippen molar-refractivity contribution in [1.82, 2.24) is 5.32 Å². The number of quaternary nitrogens is 1. The van der Waals surface area contributed by atoms with E-state index in [0.717, 1.165) is 4.90 Å². The largest absolute Gasteiger partial charge is 0.364 e. The second-order valence-electron chi connectivity index (χ2n) is 5.78. The van der Waals surface area contributed by atoms with Crippen molar-refractivity contribution in [2.75, 3.05) is 13.1 Å². The Labute approximate surface area is 156 Å². The molecule has 0 radical (unpaired) electrons. The number of nitrogens with one attached hydrogen (secondary N) is 2. The predicted molar refractivity (Wildman–Crippen MR) is 93.7 cm³/mol. The minimum absolute atomic E-state index is 0.0201. The maximum atomic E-state index is 12.5. The molecule has 0 saturated carbocycles. The van der Waals surface area contributed by atoms with E-state index in [2.05, 4.69) is 5.32 Å². The first-order chi connectivity index (χ1) is 10.7. The number of alkyl halides is 3. The summed E-state index contributed by atoms with van der Waals surface area (Å²) in [6.07, 6.45) is -0.647. The molecule has 4 nitrogen and oxygen atoms in total. The molecule has 8 heteroatoms. The van der Waals surface area contributed by atoms with Gasteiger partial charge in [0.2, 0.25) is 6.17 Å². The molecule has 0 bridgehead atoms. The summed E-state index contributed by atoms with van der Waals surface area (Å²) in [5.41, 5.74) is 0.422. The normalized spacial score (nSPS) is 26.6. The van der Waals surface area contributed by atoms with Crippen LogP contribution in [0.4, 0.5) is 0 Å². The van der Waals surface area contributed by atoms with E-state index in [1.807, 2.05) is 13.8 Å². The van der Waals surface area contributed by atoms with Crippen LogP contribution in [0.3, 0.4) is 0 Å². The number of hydrogen-bond donors (Lipinski definition) is 2. The summed E-state index contributed by atoms with van der Waals surface area (Å²) in [5.74, 6) is -0.330. The summed E-state index contributed by atoms with van der Waals surface area (Å²) >= 11 is 24.3. The molecule has 0 aliphatic carbocycles. The van der Waals surface area contributed by atoms with Crippen LogP contribution >= 0.6 is 46.4 Å². The van der Waals surface area contributed by atoms with E-state index in [1.165, 1.54) is 0 Å². The molecule has 1 fully saturated rings. The van der Waals surface area contributed by atoms with E-state index in [9.17, 15) is 4.79 Å². The van der Waals surface area contributed by atoms with E-state index in [4.69, 9.17) is 51.1 Å². The molecule has 1 heterocycles. The van der Waals surface area contributed by atoms with Crippen molar-refractivity contribution in [1.29, 1.82) is 0 Å². The number of benzene rings is 1. The van der Waals surface area contributed by atoms with E-state index in [-0.39, 0.29) is 18.1 Å². The fourth-order valence-corrected chi connectivity index (χ4v) is 3.63. The van der Waals surface area contributed by atoms with Crippen molar-refractivity contribution in [2.24, 2.45) is 0 Å². The third-order valence-electron chi connectivity index (χ3n) is 3.66. The van der Waals surface area contributed by atoms with Crippen molar-refractivity contribution < 1.29 is 14.4 Å². The van der Waals surface area contributed by atoms with Gasteiger partial charge in [-0.2, -0.15) is 0 Å². The third kappa shape index (κ3) is 5.38. The zero-order chi connectivity index (χ0) is 17.2. The quantitative estimate of drug-likeness (QED) is 0.765. The summed E-state index contributed by atoms with van der Waals surface area (Å²) in [6, 6.07) is 6.64. The van der Waals surface area contributed by atoms with Gasteiger partial charge in [-0.05, 0) is 32.0 Å². The van der Waals surface area contributed by atoms with Gasteiger partial charge in [0, 0.05) is 10.6 Å². The molecule has 1 aliphatic rings. The second-order valence-corrected chi connectivity index (χ2v) is 8.59. The van der Waals surface area contributed by atoms with Crippen molar-refractivity contribution in [3.63, 3.8) is 0 Å². The highest BCUT2D eigenvalue weighted by Crippen LogP contribution is 2.28. The molecule has 2 N–H and O–H groups in total. The van der Waals surface area contributed by atoms with Crippen molar-refractivity contribution in [3.8, 4) is 0 Å². The molecular formula is C15H19Cl4N2O2+. The molecule has 0 spiro atoms. The van der Waals surface area contributed by atoms with Gasteiger partial charge in [-0.15, -0.1) is 0 Å². The first-order valence-electron chi connectivity index (χ1n) is 7.30. The van der Waals surface area contributed by atoms with Crippen LogP contribution in [0, 0.1) is 0 Å². The molecule has 1 amide bonds. The average Bonchev–Trinajstić information content (AvgIpc) is 2.42. The number of halogens is 4. The Kier molecular flexibility index (Phi) is 6.45. The Bertz CT molecular complexity index is 555. The van der Waals surface area contributed by atoms with Gasteiger partial charge in [-0.1, -0.05) is 52.5 Å². The lowest BCUT2D eigenvalue weighted by molar-refractivity contribution is -0.941. The molecule has 1 aliphatic heterocycles. The van der Waals surface area contributed by atoms with Crippen LogP contribution < -0.4 is 10.2 Å². The lowest BCUT2D eigenvalue weighted by Crippen LogP contribution is -3.22. The first kappa shape index (κ1) is 19.1. The standard InChI is InChI=1S/C15H18Cl4N2O2/c1-9-7-21(8-10(2)23-9)14(15(17,18)19)20-13(22)11-4-3-5-12(16)6-11/h3-6,9-10,14H,7-8H2,1-2H3,(H,20,22)/p+1/t9-,10-,14-/m0/s1. The molecule has 0 unspecified atom stereocenters. The highest BCUT2D eigenvalue weighted by atomic mass is 35.6. The van der Waals surface area contributed by atoms with E-state index >= 15 is 0 Å². The molecule has 1 aromatic rings. The zero-order valence-corrected chi connectivity index (χ0v) is 15.8. The third-order valence-corrected chi connectivity index (χ3v) is 4.55. The molecule has 0 aromatic heterocycles. The van der Waals surface area contributed by atoms with Crippen molar-refractivity contribution in [3.05, 3.63) is 34.9 Å². The maximum absolute atomic E-state index is 12.5. The molecule has 23 heavy (non-hydrogen) atoms. The van der Waals surface area contributed by atoms with Gasteiger partial charge >= 0.3 is 0 Å². The highest BCUT2D eigenvalue weighted by molar-refractivity contribution is 6.68. The lowest BCUT2D eigenvalue weighted by Gasteiger charge is -2.39. The Balaban J connectivity index is 2.17. The van der Waals surface area contributed by atoms with E-state index in [1.54, 1.807) is 24.3 Å². The Morgan fingerprint density at radius 3 is 2.43 bits per heavy atom. The summed E-state index contributed by atoms with van der Waals surface area (Å²) < 4.78 is 4.07. The van der Waals surface area contributed by atoms with Crippen LogP contribution in [0.5, 0.6) is 0 Å². The predicted octanol–water partition coefficient (Wildman–Crippen LogP) is 2.46. The second kappa shape index (κ2) is 7.77. The Morgan fingerprint density at radius 1 is 1.30 bits per heavy atom. The van der Waals surface area contributed by atoms with Crippen LogP contribution in [0.25, 0.3) is 0 Å². The van der Waals surface area contributed by atoms with E-state index in [0.29, 0.717) is 23.7 Å². The molecule has 2 rings (SSSR count). The lowest BCUT2D eigenvalue weighted by atomic mass is 10.2. The van der Waals surface area contributed by atoms with Gasteiger partial charge in [0.15, 0.2) is 0 Å². The number of carbonyl (C=O) groups excluding carboxylic acids is 1. The van der Waals surface area contributed by atoms with E-state index < -0.39 is 9.96 Å². The average molecular weight is 401 g/mol. The molecule has 1 aromatic carbocycles. The van der Waals surface area contributed by atoms with Crippen LogP contribution in [-0.2, 0) is 4.74 Å². The fraction of sp³-hybridized carbons (Fsp3) is 0.533. The number of amides is 1. The van der Waals surface area contributed by atoms with Gasteiger partial charge in [0.1, 0.15) is 25.3 Å². The monoisotopic (exact) mass is 399 g/mol. The van der Waals surface area contributed by atoms with Crippen LogP contribution in [-0.4, -0.2) is 41.2 Å². The van der Waals surface area contributed by atoms with Gasteiger partial charge in [-0.25, -0.2) is 0 Å². The maximum Gasteiger partial charge on any atom is 0.262 e. The van der Waals surface area contributed by atoms with Crippen molar-refractivity contribution >= 4 is 52.3 Å². The molecule has 128 valence electrons. The van der Waals surface area contributed by atoms with Crippen LogP contribution in [0.2, 0.25) is 5.02 Å². The summed E-state index contributed by atoms with van der Waals surface area (Å²) in [6.45, 7) is 5.20. The van der Waals surface area contributed by atoms with Crippen LogP contribution in [0.15, 0.2) is 24.3 Å². The minimum Gasteiger partial charge on any atom is -0.364 e. The number of carbonyl (C=O) groups is 1.